The molecule has 1 N–H and O–H groups in total. The van der Waals surface area contributed by atoms with Gasteiger partial charge < -0.3 is 9.88 Å². The summed E-state index contributed by atoms with van der Waals surface area (Å²) in [7, 11) is 1.88. The Morgan fingerprint density at radius 2 is 2.00 bits per heavy atom. The van der Waals surface area contributed by atoms with Crippen LogP contribution in [-0.4, -0.2) is 40.7 Å². The highest BCUT2D eigenvalue weighted by molar-refractivity contribution is 8.00. The monoisotopic (exact) mass is 371 g/mol. The van der Waals surface area contributed by atoms with Crippen LogP contribution in [0.5, 0.6) is 0 Å². The van der Waals surface area contributed by atoms with Gasteiger partial charge >= 0.3 is 0 Å². The summed E-state index contributed by atoms with van der Waals surface area (Å²) < 4.78 is 3.64. The second kappa shape index (κ2) is 7.69. The van der Waals surface area contributed by atoms with Gasteiger partial charge in [-0.2, -0.15) is 5.10 Å². The maximum atomic E-state index is 12.5. The predicted molar refractivity (Wildman–Crippen MR) is 101 cm³/mol. The maximum absolute atomic E-state index is 12.5. The molecule has 0 aliphatic rings. The number of carbonyl (C=O) groups excluding carboxylic acids is 1. The Morgan fingerprint density at radius 1 is 1.19 bits per heavy atom. The van der Waals surface area contributed by atoms with Gasteiger partial charge in [0, 0.05) is 37.1 Å². The Hall–Kier alpha value is -2.68. The minimum Gasteiger partial charge on any atom is -0.310 e. The lowest BCUT2D eigenvalue weighted by Crippen LogP contribution is -2.25. The molecule has 0 bridgehead atoms. The Labute approximate surface area is 156 Å². The number of anilines is 1. The van der Waals surface area contributed by atoms with Crippen LogP contribution < -0.4 is 5.32 Å². The molecule has 8 nitrogen and oxygen atoms in total. The van der Waals surface area contributed by atoms with Gasteiger partial charge in [-0.05, 0) is 32.9 Å². The van der Waals surface area contributed by atoms with Crippen molar-refractivity contribution in [2.75, 3.05) is 5.32 Å². The summed E-state index contributed by atoms with van der Waals surface area (Å²) in [6.07, 6.45) is 5.13. The fourth-order valence-electron chi connectivity index (χ4n) is 2.43. The Kier molecular flexibility index (Phi) is 5.36. The molecule has 9 heteroatoms. The minimum atomic E-state index is -0.338. The number of amides is 1. The molecule has 0 aliphatic heterocycles. The number of thioether (sulfide) groups is 1. The molecular formula is C17H21N7OS. The summed E-state index contributed by atoms with van der Waals surface area (Å²) >= 11 is 1.36. The van der Waals surface area contributed by atoms with Crippen molar-refractivity contribution in [3.63, 3.8) is 0 Å². The number of nitrogens with zero attached hydrogens (tertiary/aromatic N) is 6. The molecule has 0 aliphatic carbocycles. The third-order valence-corrected chi connectivity index (χ3v) is 4.95. The zero-order valence-corrected chi connectivity index (χ0v) is 15.9. The highest BCUT2D eigenvalue weighted by Gasteiger charge is 2.20. The van der Waals surface area contributed by atoms with Gasteiger partial charge in [-0.1, -0.05) is 11.8 Å². The fourth-order valence-corrected chi connectivity index (χ4v) is 3.24. The van der Waals surface area contributed by atoms with E-state index in [-0.39, 0.29) is 17.2 Å². The van der Waals surface area contributed by atoms with Crippen LogP contribution >= 0.6 is 11.8 Å². The van der Waals surface area contributed by atoms with Crippen LogP contribution in [0, 0.1) is 0 Å². The summed E-state index contributed by atoms with van der Waals surface area (Å²) in [5.41, 5.74) is 0.882. The molecule has 136 valence electrons. The lowest BCUT2D eigenvalue weighted by molar-refractivity contribution is -0.115. The van der Waals surface area contributed by atoms with Crippen LogP contribution in [0.15, 0.2) is 41.9 Å². The topological polar surface area (TPSA) is 90.5 Å². The first kappa shape index (κ1) is 18.1. The normalized spacial score (nSPS) is 12.3. The van der Waals surface area contributed by atoms with Crippen LogP contribution in [0.4, 0.5) is 5.82 Å². The maximum Gasteiger partial charge on any atom is 0.238 e. The average Bonchev–Trinajstić information content (AvgIpc) is 3.23. The Balaban J connectivity index is 1.70. The lowest BCUT2D eigenvalue weighted by Gasteiger charge is -2.14. The van der Waals surface area contributed by atoms with Crippen molar-refractivity contribution in [2.24, 2.45) is 7.05 Å². The first-order chi connectivity index (χ1) is 12.5. The molecule has 0 saturated heterocycles. The molecule has 0 spiro atoms. The van der Waals surface area contributed by atoms with Crippen LogP contribution in [0.1, 0.15) is 26.8 Å². The van der Waals surface area contributed by atoms with Crippen molar-refractivity contribution in [3.8, 4) is 11.4 Å². The number of nitrogens with one attached hydrogen (secondary N) is 1. The van der Waals surface area contributed by atoms with E-state index in [4.69, 9.17) is 0 Å². The summed E-state index contributed by atoms with van der Waals surface area (Å²) in [5, 5.41) is 15.9. The van der Waals surface area contributed by atoms with E-state index in [1.807, 2.05) is 44.5 Å². The molecule has 3 heterocycles. The Morgan fingerprint density at radius 3 is 2.69 bits per heavy atom. The highest BCUT2D eigenvalue weighted by Crippen LogP contribution is 2.26. The molecule has 0 saturated carbocycles. The second-order valence-electron chi connectivity index (χ2n) is 6.11. The van der Waals surface area contributed by atoms with Gasteiger partial charge in [0.1, 0.15) is 5.82 Å². The molecule has 1 atom stereocenters. The standard InChI is InChI=1S/C17H21N7OS/c1-11(2)24-14(7-9-19-24)20-16(25)12(3)26-17-22-21-15(23(17)4)13-6-5-8-18-10-13/h5-12H,1-4H3,(H,20,25). The number of aromatic nitrogens is 6. The van der Waals surface area contributed by atoms with Gasteiger partial charge in [0.25, 0.3) is 0 Å². The number of carbonyl (C=O) groups is 1. The molecular weight excluding hydrogens is 350 g/mol. The molecule has 0 radical (unpaired) electrons. The predicted octanol–water partition coefficient (Wildman–Crippen LogP) is 2.77. The number of pyridine rings is 1. The van der Waals surface area contributed by atoms with Crippen molar-refractivity contribution in [1.29, 1.82) is 0 Å². The van der Waals surface area contributed by atoms with E-state index in [0.717, 1.165) is 5.56 Å². The van der Waals surface area contributed by atoms with E-state index in [9.17, 15) is 4.79 Å². The van der Waals surface area contributed by atoms with Gasteiger partial charge in [0.05, 0.1) is 11.4 Å². The first-order valence-corrected chi connectivity index (χ1v) is 9.16. The molecule has 3 rings (SSSR count). The molecule has 3 aromatic rings. The smallest absolute Gasteiger partial charge is 0.238 e. The van der Waals surface area contributed by atoms with Crippen LogP contribution in [0.2, 0.25) is 0 Å². The van der Waals surface area contributed by atoms with E-state index >= 15 is 0 Å². The Bertz CT molecular complexity index is 888. The third kappa shape index (κ3) is 3.77. The average molecular weight is 371 g/mol. The molecule has 0 aromatic carbocycles. The number of rotatable bonds is 6. The van der Waals surface area contributed by atoms with E-state index in [1.165, 1.54) is 11.8 Å². The van der Waals surface area contributed by atoms with Crippen molar-refractivity contribution < 1.29 is 4.79 Å². The molecule has 0 fully saturated rings. The minimum absolute atomic E-state index is 0.108. The first-order valence-electron chi connectivity index (χ1n) is 8.28. The van der Waals surface area contributed by atoms with Crippen LogP contribution in [-0.2, 0) is 11.8 Å². The van der Waals surface area contributed by atoms with Gasteiger partial charge in [-0.15, -0.1) is 10.2 Å². The van der Waals surface area contributed by atoms with Gasteiger partial charge in [-0.3, -0.25) is 9.78 Å². The molecule has 26 heavy (non-hydrogen) atoms. The van der Waals surface area contributed by atoms with Crippen molar-refractivity contribution in [3.05, 3.63) is 36.8 Å². The van der Waals surface area contributed by atoms with Gasteiger partial charge in [0.2, 0.25) is 5.91 Å². The largest absolute Gasteiger partial charge is 0.310 e. The summed E-state index contributed by atoms with van der Waals surface area (Å²) in [6, 6.07) is 5.74. The van der Waals surface area contributed by atoms with Gasteiger partial charge in [0.15, 0.2) is 11.0 Å². The van der Waals surface area contributed by atoms with Crippen LogP contribution in [0.25, 0.3) is 11.4 Å². The number of hydrogen-bond acceptors (Lipinski definition) is 6. The van der Waals surface area contributed by atoms with Crippen molar-refractivity contribution in [1.82, 2.24) is 29.5 Å². The molecule has 1 amide bonds. The molecule has 1 unspecified atom stereocenters. The fraction of sp³-hybridized carbons (Fsp3) is 0.353. The summed E-state index contributed by atoms with van der Waals surface area (Å²) in [6.45, 7) is 5.87. The summed E-state index contributed by atoms with van der Waals surface area (Å²) in [5.74, 6) is 1.29. The zero-order chi connectivity index (χ0) is 18.7. The van der Waals surface area contributed by atoms with E-state index in [0.29, 0.717) is 16.8 Å². The second-order valence-corrected chi connectivity index (χ2v) is 7.42. The quantitative estimate of drug-likeness (QED) is 0.670. The van der Waals surface area contributed by atoms with Crippen molar-refractivity contribution >= 4 is 23.5 Å². The summed E-state index contributed by atoms with van der Waals surface area (Å²) in [4.78, 5) is 16.6. The van der Waals surface area contributed by atoms with Crippen molar-refractivity contribution in [2.45, 2.75) is 37.2 Å². The lowest BCUT2D eigenvalue weighted by atomic mass is 10.3. The van der Waals surface area contributed by atoms with E-state index in [1.54, 1.807) is 29.3 Å². The van der Waals surface area contributed by atoms with Crippen LogP contribution in [0.3, 0.4) is 0 Å². The van der Waals surface area contributed by atoms with E-state index < -0.39 is 0 Å². The third-order valence-electron chi connectivity index (χ3n) is 3.82. The molecule has 3 aromatic heterocycles. The number of hydrogen-bond donors (Lipinski definition) is 1. The highest BCUT2D eigenvalue weighted by atomic mass is 32.2. The van der Waals surface area contributed by atoms with Gasteiger partial charge in [-0.25, -0.2) is 4.68 Å². The van der Waals surface area contributed by atoms with E-state index in [2.05, 4.69) is 25.6 Å². The SMILES string of the molecule is CC(Sc1nnc(-c2cccnc2)n1C)C(=O)Nc1ccnn1C(C)C. The zero-order valence-electron chi connectivity index (χ0n) is 15.1.